The Kier molecular flexibility index (Phi) is 9.20. The molecule has 7 heteroatoms. The Labute approximate surface area is 163 Å². The number of furan rings is 1. The first-order valence-corrected chi connectivity index (χ1v) is 8.49. The lowest BCUT2D eigenvalue weighted by atomic mass is 10.2. The monoisotopic (exact) mass is 463 g/mol. The molecule has 1 unspecified atom stereocenters. The molecule has 0 aliphatic heterocycles. The fraction of sp³-hybridized carbons (Fsp3) is 0.353. The van der Waals surface area contributed by atoms with E-state index in [-0.39, 0.29) is 35.8 Å². The molecule has 24 heavy (non-hydrogen) atoms. The Morgan fingerprint density at radius 3 is 2.67 bits per heavy atom. The third kappa shape index (κ3) is 6.35. The van der Waals surface area contributed by atoms with Gasteiger partial charge >= 0.3 is 0 Å². The van der Waals surface area contributed by atoms with Crippen LogP contribution in [0.4, 0.5) is 4.39 Å². The van der Waals surface area contributed by atoms with Crippen molar-refractivity contribution in [3.8, 4) is 0 Å². The van der Waals surface area contributed by atoms with Crippen LogP contribution in [0.15, 0.2) is 50.7 Å². The average Bonchev–Trinajstić information content (AvgIpc) is 2.98. The maximum Gasteiger partial charge on any atom is 0.191 e. The number of aryl methyl sites for hydroxylation is 1. The first-order valence-electron chi connectivity index (χ1n) is 7.51. The van der Waals surface area contributed by atoms with Crippen LogP contribution < -0.4 is 10.6 Å². The summed E-state index contributed by atoms with van der Waals surface area (Å²) in [5.41, 5.74) is 0. The largest absolute Gasteiger partial charge is 0.464 e. The Morgan fingerprint density at radius 1 is 1.29 bits per heavy atom. The van der Waals surface area contributed by atoms with Gasteiger partial charge in [-0.1, -0.05) is 12.1 Å². The van der Waals surface area contributed by atoms with Gasteiger partial charge in [0.1, 0.15) is 17.3 Å². The third-order valence-electron chi connectivity index (χ3n) is 3.25. The second kappa shape index (κ2) is 10.6. The summed E-state index contributed by atoms with van der Waals surface area (Å²) in [6.45, 7) is 4.62. The number of hydrogen-bond acceptors (Lipinski definition) is 3. The number of benzene rings is 1. The van der Waals surface area contributed by atoms with E-state index < -0.39 is 0 Å². The SMILES string of the molecule is CN=C(NCCSc1ccccc1F)NC(C)c1ccc(C)o1.I. The lowest BCUT2D eigenvalue weighted by Crippen LogP contribution is -2.39. The van der Waals surface area contributed by atoms with Gasteiger partial charge in [-0.25, -0.2) is 4.39 Å². The molecule has 4 nitrogen and oxygen atoms in total. The van der Waals surface area contributed by atoms with Crippen LogP contribution in [-0.2, 0) is 0 Å². The van der Waals surface area contributed by atoms with Crippen molar-refractivity contribution >= 4 is 41.7 Å². The topological polar surface area (TPSA) is 49.6 Å². The van der Waals surface area contributed by atoms with Gasteiger partial charge < -0.3 is 15.1 Å². The predicted octanol–water partition coefficient (Wildman–Crippen LogP) is 4.36. The molecule has 1 atom stereocenters. The minimum atomic E-state index is -0.179. The van der Waals surface area contributed by atoms with Crippen LogP contribution in [0.2, 0.25) is 0 Å². The maximum absolute atomic E-state index is 13.5. The van der Waals surface area contributed by atoms with Gasteiger partial charge in [0, 0.05) is 24.2 Å². The van der Waals surface area contributed by atoms with E-state index in [9.17, 15) is 4.39 Å². The highest BCUT2D eigenvalue weighted by Crippen LogP contribution is 2.20. The normalized spacial score (nSPS) is 12.4. The summed E-state index contributed by atoms with van der Waals surface area (Å²) in [4.78, 5) is 4.86. The number of nitrogens with one attached hydrogen (secondary N) is 2. The molecular weight excluding hydrogens is 440 g/mol. The van der Waals surface area contributed by atoms with Crippen molar-refractivity contribution in [2.75, 3.05) is 19.3 Å². The molecule has 0 amide bonds. The van der Waals surface area contributed by atoms with E-state index in [4.69, 9.17) is 4.42 Å². The summed E-state index contributed by atoms with van der Waals surface area (Å²) in [6, 6.07) is 10.7. The smallest absolute Gasteiger partial charge is 0.191 e. The van der Waals surface area contributed by atoms with Gasteiger partial charge in [0.25, 0.3) is 0 Å². The van der Waals surface area contributed by atoms with Crippen LogP contribution >= 0.6 is 35.7 Å². The summed E-state index contributed by atoms with van der Waals surface area (Å²) in [6.07, 6.45) is 0. The zero-order valence-electron chi connectivity index (χ0n) is 14.0. The molecule has 2 aromatic rings. The summed E-state index contributed by atoms with van der Waals surface area (Å²) in [5, 5.41) is 6.49. The van der Waals surface area contributed by atoms with Gasteiger partial charge in [-0.05, 0) is 38.1 Å². The molecular formula is C17H23FIN3OS. The zero-order valence-corrected chi connectivity index (χ0v) is 17.2. The Bertz CT molecular complexity index is 663. The zero-order chi connectivity index (χ0) is 16.7. The summed E-state index contributed by atoms with van der Waals surface area (Å²) >= 11 is 1.48. The van der Waals surface area contributed by atoms with Crippen molar-refractivity contribution in [1.29, 1.82) is 0 Å². The fourth-order valence-corrected chi connectivity index (χ4v) is 2.85. The number of thioether (sulfide) groups is 1. The van der Waals surface area contributed by atoms with Crippen molar-refractivity contribution in [1.82, 2.24) is 10.6 Å². The molecule has 132 valence electrons. The van der Waals surface area contributed by atoms with Crippen molar-refractivity contribution in [2.45, 2.75) is 24.8 Å². The van der Waals surface area contributed by atoms with Crippen LogP contribution in [0.5, 0.6) is 0 Å². The summed E-state index contributed by atoms with van der Waals surface area (Å²) in [7, 11) is 1.72. The third-order valence-corrected chi connectivity index (χ3v) is 4.30. The molecule has 2 N–H and O–H groups in total. The van der Waals surface area contributed by atoms with Gasteiger partial charge in [-0.2, -0.15) is 0 Å². The van der Waals surface area contributed by atoms with E-state index in [2.05, 4.69) is 15.6 Å². The number of rotatable bonds is 6. The molecule has 0 saturated carbocycles. The number of nitrogens with zero attached hydrogens (tertiary/aromatic N) is 1. The molecule has 0 spiro atoms. The number of halogens is 2. The molecule has 1 aromatic carbocycles. The van der Waals surface area contributed by atoms with Crippen molar-refractivity contribution in [3.63, 3.8) is 0 Å². The minimum absolute atomic E-state index is 0. The van der Waals surface area contributed by atoms with Crippen molar-refractivity contribution < 1.29 is 8.81 Å². The number of hydrogen-bond donors (Lipinski definition) is 2. The summed E-state index contributed by atoms with van der Waals surface area (Å²) < 4.78 is 19.1. The van der Waals surface area contributed by atoms with Gasteiger partial charge in [0.15, 0.2) is 5.96 Å². The van der Waals surface area contributed by atoms with Crippen molar-refractivity contribution in [3.05, 3.63) is 53.7 Å². The van der Waals surface area contributed by atoms with E-state index >= 15 is 0 Å². The molecule has 0 aliphatic rings. The van der Waals surface area contributed by atoms with Crippen LogP contribution in [-0.4, -0.2) is 25.3 Å². The van der Waals surface area contributed by atoms with Crippen LogP contribution in [0, 0.1) is 12.7 Å². The van der Waals surface area contributed by atoms with Crippen molar-refractivity contribution in [2.24, 2.45) is 4.99 Å². The first kappa shape index (κ1) is 20.8. The molecule has 0 radical (unpaired) electrons. The molecule has 0 fully saturated rings. The van der Waals surface area contributed by atoms with E-state index in [1.807, 2.05) is 32.0 Å². The molecule has 0 bridgehead atoms. The van der Waals surface area contributed by atoms with E-state index in [1.165, 1.54) is 17.8 Å². The van der Waals surface area contributed by atoms with E-state index in [0.29, 0.717) is 17.4 Å². The Morgan fingerprint density at radius 2 is 2.04 bits per heavy atom. The number of guanidine groups is 1. The quantitative estimate of drug-likeness (QED) is 0.220. The van der Waals surface area contributed by atoms with Crippen LogP contribution in [0.3, 0.4) is 0 Å². The fourth-order valence-electron chi connectivity index (χ4n) is 2.05. The highest BCUT2D eigenvalue weighted by Gasteiger charge is 2.11. The van der Waals surface area contributed by atoms with Crippen LogP contribution in [0.1, 0.15) is 24.5 Å². The van der Waals surface area contributed by atoms with Gasteiger partial charge in [-0.3, -0.25) is 4.99 Å². The van der Waals surface area contributed by atoms with Crippen LogP contribution in [0.25, 0.3) is 0 Å². The van der Waals surface area contributed by atoms with Gasteiger partial charge in [0.05, 0.1) is 6.04 Å². The molecule has 1 aromatic heterocycles. The molecule has 2 rings (SSSR count). The average molecular weight is 463 g/mol. The second-order valence-corrected chi connectivity index (χ2v) is 6.23. The minimum Gasteiger partial charge on any atom is -0.464 e. The maximum atomic E-state index is 13.5. The molecule has 1 heterocycles. The highest BCUT2D eigenvalue weighted by molar-refractivity contribution is 14.0. The lowest BCUT2D eigenvalue weighted by Gasteiger charge is -2.16. The molecule has 0 saturated heterocycles. The number of aliphatic imine (C=N–C) groups is 1. The molecule has 0 aliphatic carbocycles. The highest BCUT2D eigenvalue weighted by atomic mass is 127. The summed E-state index contributed by atoms with van der Waals surface area (Å²) in [5.74, 6) is 3.02. The first-order chi connectivity index (χ1) is 11.1. The predicted molar refractivity (Wildman–Crippen MR) is 109 cm³/mol. The second-order valence-electron chi connectivity index (χ2n) is 5.09. The lowest BCUT2D eigenvalue weighted by molar-refractivity contribution is 0.441. The Balaban J connectivity index is 0.00000288. The standard InChI is InChI=1S/C17H22FN3OS.HI/c1-12-8-9-15(22-12)13(2)21-17(19-3)20-10-11-23-16-7-5-4-6-14(16)18;/h4-9,13H,10-11H2,1-3H3,(H2,19,20,21);1H. The van der Waals surface area contributed by atoms with Gasteiger partial charge in [-0.15, -0.1) is 35.7 Å². The van der Waals surface area contributed by atoms with E-state index in [0.717, 1.165) is 17.3 Å². The van der Waals surface area contributed by atoms with Gasteiger partial charge in [0.2, 0.25) is 0 Å². The Hall–Kier alpha value is -1.22. The van der Waals surface area contributed by atoms with E-state index in [1.54, 1.807) is 19.2 Å².